The zero-order valence-corrected chi connectivity index (χ0v) is 16.8. The smallest absolute Gasteiger partial charge is 0.309 e. The van der Waals surface area contributed by atoms with Crippen molar-refractivity contribution in [2.75, 3.05) is 5.32 Å². The van der Waals surface area contributed by atoms with Gasteiger partial charge in [0.05, 0.1) is 33.8 Å². The van der Waals surface area contributed by atoms with Gasteiger partial charge < -0.3 is 10.4 Å². The summed E-state index contributed by atoms with van der Waals surface area (Å²) in [4.78, 5) is 11.5. The highest BCUT2D eigenvalue weighted by Crippen LogP contribution is 2.50. The van der Waals surface area contributed by atoms with Crippen LogP contribution in [0.2, 0.25) is 5.02 Å². The van der Waals surface area contributed by atoms with Crippen LogP contribution in [0, 0.1) is 16.7 Å². The molecule has 28 heavy (non-hydrogen) atoms. The first-order chi connectivity index (χ1) is 13.2. The zero-order chi connectivity index (χ0) is 20.1. The molecule has 5 heteroatoms. The Balaban J connectivity index is 1.66. The molecule has 1 fully saturated rings. The number of aliphatic carboxylic acids is 1. The van der Waals surface area contributed by atoms with Crippen LogP contribution in [-0.4, -0.2) is 11.1 Å². The number of halogens is 1. The Morgan fingerprint density at radius 3 is 2.71 bits per heavy atom. The number of carbonyl (C=O) groups is 1. The summed E-state index contributed by atoms with van der Waals surface area (Å²) in [5.41, 5.74) is 4.01. The molecule has 0 amide bonds. The standard InChI is InChI=1S/C23H23ClN2O2/c1-22(2)12-19(26-20-17(22)9-15(13-25)10-18(20)24)16-5-3-4-14(8-16)11-23(6-7-23)21(27)28/h3-5,8-10,19,26H,6-7,11-12H2,1-2H3,(H,27,28). The van der Waals surface area contributed by atoms with E-state index in [4.69, 9.17) is 11.6 Å². The fourth-order valence-electron chi connectivity index (χ4n) is 4.33. The van der Waals surface area contributed by atoms with Crippen molar-refractivity contribution in [3.05, 3.63) is 63.7 Å². The van der Waals surface area contributed by atoms with E-state index in [0.717, 1.165) is 41.6 Å². The van der Waals surface area contributed by atoms with Crippen molar-refractivity contribution in [3.8, 4) is 6.07 Å². The maximum absolute atomic E-state index is 11.5. The first kappa shape index (κ1) is 18.8. The van der Waals surface area contributed by atoms with E-state index < -0.39 is 11.4 Å². The number of nitriles is 1. The van der Waals surface area contributed by atoms with Crippen LogP contribution >= 0.6 is 11.6 Å². The average Bonchev–Trinajstić information content (AvgIpc) is 3.43. The summed E-state index contributed by atoms with van der Waals surface area (Å²) in [6, 6.07) is 14.1. The Morgan fingerprint density at radius 2 is 2.07 bits per heavy atom. The Morgan fingerprint density at radius 1 is 1.32 bits per heavy atom. The molecule has 144 valence electrons. The van der Waals surface area contributed by atoms with Gasteiger partial charge in [0, 0.05) is 0 Å². The molecule has 1 aliphatic carbocycles. The van der Waals surface area contributed by atoms with Gasteiger partial charge in [-0.15, -0.1) is 0 Å². The van der Waals surface area contributed by atoms with Crippen LogP contribution < -0.4 is 5.32 Å². The summed E-state index contributed by atoms with van der Waals surface area (Å²) in [7, 11) is 0. The number of hydrogen-bond acceptors (Lipinski definition) is 3. The van der Waals surface area contributed by atoms with Gasteiger partial charge in [0.25, 0.3) is 0 Å². The fraction of sp³-hybridized carbons (Fsp3) is 0.391. The van der Waals surface area contributed by atoms with Gasteiger partial charge in [-0.05, 0) is 59.9 Å². The van der Waals surface area contributed by atoms with Crippen LogP contribution in [-0.2, 0) is 16.6 Å². The van der Waals surface area contributed by atoms with Crippen LogP contribution in [0.3, 0.4) is 0 Å². The second-order valence-electron chi connectivity index (χ2n) is 8.78. The minimum atomic E-state index is -0.691. The molecule has 0 aromatic heterocycles. The van der Waals surface area contributed by atoms with Crippen molar-refractivity contribution in [1.82, 2.24) is 0 Å². The molecule has 0 saturated heterocycles. The van der Waals surface area contributed by atoms with Crippen molar-refractivity contribution >= 4 is 23.3 Å². The maximum Gasteiger partial charge on any atom is 0.309 e. The molecule has 0 spiro atoms. The lowest BCUT2D eigenvalue weighted by molar-refractivity contribution is -0.143. The van der Waals surface area contributed by atoms with Crippen molar-refractivity contribution in [2.24, 2.45) is 5.41 Å². The number of nitrogens with zero attached hydrogens (tertiary/aromatic N) is 1. The highest BCUT2D eigenvalue weighted by Gasteiger charge is 2.50. The molecular weight excluding hydrogens is 372 g/mol. The van der Waals surface area contributed by atoms with E-state index in [0.29, 0.717) is 17.0 Å². The lowest BCUT2D eigenvalue weighted by Gasteiger charge is -2.39. The van der Waals surface area contributed by atoms with E-state index in [9.17, 15) is 15.2 Å². The Hall–Kier alpha value is -2.51. The van der Waals surface area contributed by atoms with Crippen molar-refractivity contribution in [2.45, 2.75) is 51.0 Å². The second-order valence-corrected chi connectivity index (χ2v) is 9.19. The van der Waals surface area contributed by atoms with Crippen molar-refractivity contribution < 1.29 is 9.90 Å². The molecule has 4 rings (SSSR count). The van der Waals surface area contributed by atoms with E-state index in [-0.39, 0.29) is 11.5 Å². The minimum absolute atomic E-state index is 0.0767. The SMILES string of the molecule is CC1(C)CC(c2cccc(CC3(C(=O)O)CC3)c2)Nc2c(Cl)cc(C#N)cc21. The van der Waals surface area contributed by atoms with Gasteiger partial charge in [-0.3, -0.25) is 4.79 Å². The predicted octanol–water partition coefficient (Wildman–Crippen LogP) is 5.45. The molecule has 2 aliphatic rings. The summed E-state index contributed by atoms with van der Waals surface area (Å²) >= 11 is 6.49. The summed E-state index contributed by atoms with van der Waals surface area (Å²) in [6.45, 7) is 4.34. The number of nitrogens with one attached hydrogen (secondary N) is 1. The second kappa shape index (κ2) is 6.53. The van der Waals surface area contributed by atoms with Gasteiger partial charge in [-0.2, -0.15) is 5.26 Å². The molecule has 2 aromatic carbocycles. The minimum Gasteiger partial charge on any atom is -0.481 e. The first-order valence-electron chi connectivity index (χ1n) is 9.57. The van der Waals surface area contributed by atoms with Crippen LogP contribution in [0.5, 0.6) is 0 Å². The Labute approximate surface area is 170 Å². The Bertz CT molecular complexity index is 1000. The quantitative estimate of drug-likeness (QED) is 0.722. The van der Waals surface area contributed by atoms with Crippen LogP contribution in [0.4, 0.5) is 5.69 Å². The number of rotatable bonds is 4. The van der Waals surface area contributed by atoms with Gasteiger partial charge >= 0.3 is 5.97 Å². The highest BCUT2D eigenvalue weighted by atomic mass is 35.5. The van der Waals surface area contributed by atoms with Crippen molar-refractivity contribution in [1.29, 1.82) is 5.26 Å². The van der Waals surface area contributed by atoms with E-state index in [1.807, 2.05) is 18.2 Å². The third-order valence-corrected chi connectivity index (χ3v) is 6.48. The van der Waals surface area contributed by atoms with Crippen molar-refractivity contribution in [3.63, 3.8) is 0 Å². The third-order valence-electron chi connectivity index (χ3n) is 6.18. The lowest BCUT2D eigenvalue weighted by Crippen LogP contribution is -2.31. The fourth-order valence-corrected chi connectivity index (χ4v) is 4.60. The first-order valence-corrected chi connectivity index (χ1v) is 9.95. The number of carboxylic acid groups (broad SMARTS) is 1. The van der Waals surface area contributed by atoms with Gasteiger partial charge in [-0.1, -0.05) is 49.7 Å². The van der Waals surface area contributed by atoms with Gasteiger partial charge in [0.15, 0.2) is 0 Å². The number of hydrogen-bond donors (Lipinski definition) is 2. The van der Waals surface area contributed by atoms with E-state index >= 15 is 0 Å². The maximum atomic E-state index is 11.5. The van der Waals surface area contributed by atoms with Crippen LogP contribution in [0.15, 0.2) is 36.4 Å². The molecule has 2 N–H and O–H groups in total. The van der Waals surface area contributed by atoms with Crippen LogP contribution in [0.1, 0.15) is 61.4 Å². The molecule has 1 heterocycles. The van der Waals surface area contributed by atoms with Gasteiger partial charge in [-0.25, -0.2) is 0 Å². The molecule has 2 aromatic rings. The van der Waals surface area contributed by atoms with Crippen LogP contribution in [0.25, 0.3) is 0 Å². The summed E-state index contributed by atoms with van der Waals surface area (Å²) < 4.78 is 0. The molecule has 1 atom stereocenters. The molecule has 0 radical (unpaired) electrons. The topological polar surface area (TPSA) is 73.1 Å². The zero-order valence-electron chi connectivity index (χ0n) is 16.1. The molecule has 1 unspecified atom stereocenters. The molecule has 1 saturated carbocycles. The van der Waals surface area contributed by atoms with E-state index in [1.54, 1.807) is 6.07 Å². The normalized spacial score (nSPS) is 21.1. The number of carboxylic acids is 1. The molecular formula is C23H23ClN2O2. The largest absolute Gasteiger partial charge is 0.481 e. The predicted molar refractivity (Wildman–Crippen MR) is 110 cm³/mol. The number of fused-ring (bicyclic) bond motifs is 1. The molecule has 0 bridgehead atoms. The highest BCUT2D eigenvalue weighted by molar-refractivity contribution is 6.33. The van der Waals surface area contributed by atoms with Gasteiger partial charge in [0.2, 0.25) is 0 Å². The molecule has 4 nitrogen and oxygen atoms in total. The lowest BCUT2D eigenvalue weighted by atomic mass is 9.73. The number of benzene rings is 2. The molecule has 1 aliphatic heterocycles. The average molecular weight is 395 g/mol. The van der Waals surface area contributed by atoms with Gasteiger partial charge in [0.1, 0.15) is 0 Å². The van der Waals surface area contributed by atoms with E-state index in [1.165, 1.54) is 0 Å². The number of anilines is 1. The summed E-state index contributed by atoms with van der Waals surface area (Å²) in [5.74, 6) is -0.691. The summed E-state index contributed by atoms with van der Waals surface area (Å²) in [6.07, 6.45) is 2.95. The van der Waals surface area contributed by atoms with E-state index in [2.05, 4.69) is 37.4 Å². The summed E-state index contributed by atoms with van der Waals surface area (Å²) in [5, 5.41) is 22.9. The third kappa shape index (κ3) is 3.25. The monoisotopic (exact) mass is 394 g/mol. The Kier molecular flexibility index (Phi) is 4.39.